The molecule has 0 aliphatic carbocycles. The number of carbonyl (C=O) groups excluding carboxylic acids is 1. The highest BCUT2D eigenvalue weighted by Gasteiger charge is 2.16. The number of nitrogens with zero attached hydrogens (tertiary/aromatic N) is 3. The molecule has 7 heteroatoms. The van der Waals surface area contributed by atoms with E-state index in [2.05, 4.69) is 9.97 Å². The summed E-state index contributed by atoms with van der Waals surface area (Å²) in [6, 6.07) is 3.63. The third-order valence-electron chi connectivity index (χ3n) is 2.71. The van der Waals surface area contributed by atoms with Crippen LogP contribution in [0.4, 0.5) is 5.82 Å². The van der Waals surface area contributed by atoms with Crippen LogP contribution in [0.25, 0.3) is 0 Å². The van der Waals surface area contributed by atoms with E-state index in [9.17, 15) is 4.79 Å². The van der Waals surface area contributed by atoms with Crippen molar-refractivity contribution >= 4 is 11.8 Å². The number of pyridine rings is 1. The fourth-order valence-electron chi connectivity index (χ4n) is 1.70. The van der Waals surface area contributed by atoms with Crippen molar-refractivity contribution in [2.45, 2.75) is 13.5 Å². The summed E-state index contributed by atoms with van der Waals surface area (Å²) in [5, 5.41) is 0. The fraction of sp³-hybridized carbons (Fsp3) is 0.308. The third-order valence-corrected chi connectivity index (χ3v) is 2.71. The van der Waals surface area contributed by atoms with Crippen LogP contribution in [0, 0.1) is 0 Å². The van der Waals surface area contributed by atoms with Gasteiger partial charge in [0.05, 0.1) is 26.6 Å². The largest absolute Gasteiger partial charge is 0.481 e. The zero-order valence-corrected chi connectivity index (χ0v) is 11.4. The monoisotopic (exact) mass is 276 g/mol. The van der Waals surface area contributed by atoms with Crippen molar-refractivity contribution in [1.82, 2.24) is 14.5 Å². The molecular weight excluding hydrogens is 260 g/mol. The summed E-state index contributed by atoms with van der Waals surface area (Å²) in [5.41, 5.74) is 6.95. The van der Waals surface area contributed by atoms with Gasteiger partial charge in [0.1, 0.15) is 5.82 Å². The second-order valence-electron chi connectivity index (χ2n) is 4.04. The highest BCUT2D eigenvalue weighted by atomic mass is 16.5. The van der Waals surface area contributed by atoms with Crippen LogP contribution in [0.2, 0.25) is 0 Å². The normalized spacial score (nSPS) is 10.3. The van der Waals surface area contributed by atoms with Crippen LogP contribution in [0.3, 0.4) is 0 Å². The Morgan fingerprint density at radius 1 is 1.40 bits per heavy atom. The number of methoxy groups -OCH3 is 1. The number of rotatable bonds is 5. The van der Waals surface area contributed by atoms with Gasteiger partial charge in [-0.15, -0.1) is 0 Å². The molecule has 7 nitrogen and oxygen atoms in total. The van der Waals surface area contributed by atoms with Crippen LogP contribution in [0.5, 0.6) is 5.88 Å². The van der Waals surface area contributed by atoms with E-state index < -0.39 is 5.97 Å². The molecular formula is C13H16N4O3. The zero-order valence-electron chi connectivity index (χ0n) is 11.4. The second-order valence-corrected chi connectivity index (χ2v) is 4.04. The van der Waals surface area contributed by atoms with Gasteiger partial charge in [0, 0.05) is 12.3 Å². The number of nitrogens with two attached hydrogens (primary N) is 1. The first-order chi connectivity index (χ1) is 9.65. The molecule has 0 radical (unpaired) electrons. The lowest BCUT2D eigenvalue weighted by Gasteiger charge is -2.06. The summed E-state index contributed by atoms with van der Waals surface area (Å²) in [6.45, 7) is 2.48. The van der Waals surface area contributed by atoms with Crippen LogP contribution in [-0.2, 0) is 11.3 Å². The van der Waals surface area contributed by atoms with E-state index in [1.54, 1.807) is 30.9 Å². The molecule has 0 aliphatic rings. The van der Waals surface area contributed by atoms with Crippen LogP contribution >= 0.6 is 0 Å². The maximum Gasteiger partial charge on any atom is 0.360 e. The summed E-state index contributed by atoms with van der Waals surface area (Å²) in [6.07, 6.45) is 3.19. The van der Waals surface area contributed by atoms with Crippen molar-refractivity contribution in [2.75, 3.05) is 19.5 Å². The Morgan fingerprint density at radius 2 is 2.20 bits per heavy atom. The summed E-state index contributed by atoms with van der Waals surface area (Å²) in [7, 11) is 1.56. The van der Waals surface area contributed by atoms with Gasteiger partial charge in [0.15, 0.2) is 5.69 Å². The van der Waals surface area contributed by atoms with Gasteiger partial charge in [-0.05, 0) is 12.5 Å². The first-order valence-corrected chi connectivity index (χ1v) is 6.12. The SMILES string of the molecule is CCOC(=O)c1ncn(Cc2ccc(OC)nc2)c1N. The third kappa shape index (κ3) is 2.87. The van der Waals surface area contributed by atoms with E-state index in [1.165, 1.54) is 6.33 Å². The molecule has 2 aromatic heterocycles. The van der Waals surface area contributed by atoms with E-state index in [1.807, 2.05) is 6.07 Å². The highest BCUT2D eigenvalue weighted by Crippen LogP contribution is 2.14. The van der Waals surface area contributed by atoms with Gasteiger partial charge in [0.25, 0.3) is 0 Å². The molecule has 0 amide bonds. The minimum atomic E-state index is -0.517. The predicted molar refractivity (Wildman–Crippen MR) is 72.5 cm³/mol. The lowest BCUT2D eigenvalue weighted by atomic mass is 10.3. The molecule has 106 valence electrons. The van der Waals surface area contributed by atoms with Crippen LogP contribution < -0.4 is 10.5 Å². The molecule has 0 atom stereocenters. The molecule has 0 fully saturated rings. The lowest BCUT2D eigenvalue weighted by molar-refractivity contribution is 0.0521. The maximum atomic E-state index is 11.6. The summed E-state index contributed by atoms with van der Waals surface area (Å²) >= 11 is 0. The number of carbonyl (C=O) groups is 1. The number of esters is 1. The number of ether oxygens (including phenoxy) is 2. The van der Waals surface area contributed by atoms with Gasteiger partial charge in [-0.25, -0.2) is 14.8 Å². The van der Waals surface area contributed by atoms with Crippen molar-refractivity contribution in [3.8, 4) is 5.88 Å². The molecule has 0 aliphatic heterocycles. The van der Waals surface area contributed by atoms with E-state index in [0.29, 0.717) is 12.4 Å². The molecule has 0 spiro atoms. The smallest absolute Gasteiger partial charge is 0.360 e. The Hall–Kier alpha value is -2.57. The summed E-state index contributed by atoms with van der Waals surface area (Å²) in [4.78, 5) is 19.7. The molecule has 2 heterocycles. The van der Waals surface area contributed by atoms with Gasteiger partial charge in [-0.3, -0.25) is 0 Å². The molecule has 0 aromatic carbocycles. The highest BCUT2D eigenvalue weighted by molar-refractivity contribution is 5.92. The Morgan fingerprint density at radius 3 is 2.80 bits per heavy atom. The first-order valence-electron chi connectivity index (χ1n) is 6.12. The number of anilines is 1. The van der Waals surface area contributed by atoms with Gasteiger partial charge < -0.3 is 19.8 Å². The lowest BCUT2D eigenvalue weighted by Crippen LogP contribution is -2.10. The second kappa shape index (κ2) is 6.05. The molecule has 0 saturated heterocycles. The average Bonchev–Trinajstić information content (AvgIpc) is 2.81. The van der Waals surface area contributed by atoms with Crippen molar-refractivity contribution in [3.63, 3.8) is 0 Å². The van der Waals surface area contributed by atoms with Crippen molar-refractivity contribution < 1.29 is 14.3 Å². The van der Waals surface area contributed by atoms with Crippen molar-refractivity contribution in [2.24, 2.45) is 0 Å². The van der Waals surface area contributed by atoms with Crippen molar-refractivity contribution in [1.29, 1.82) is 0 Å². The van der Waals surface area contributed by atoms with E-state index in [0.717, 1.165) is 5.56 Å². The van der Waals surface area contributed by atoms with E-state index in [-0.39, 0.29) is 18.1 Å². The molecule has 2 rings (SSSR count). The number of hydrogen-bond donors (Lipinski definition) is 1. The zero-order chi connectivity index (χ0) is 14.5. The maximum absolute atomic E-state index is 11.6. The van der Waals surface area contributed by atoms with Gasteiger partial charge >= 0.3 is 5.97 Å². The predicted octanol–water partition coefficient (Wildman–Crippen LogP) is 1.09. The van der Waals surface area contributed by atoms with Crippen LogP contribution in [-0.4, -0.2) is 34.2 Å². The first kappa shape index (κ1) is 13.9. The number of hydrogen-bond acceptors (Lipinski definition) is 6. The summed E-state index contributed by atoms with van der Waals surface area (Å²) < 4.78 is 11.5. The van der Waals surface area contributed by atoms with Crippen LogP contribution in [0.15, 0.2) is 24.7 Å². The Bertz CT molecular complexity index is 592. The van der Waals surface area contributed by atoms with E-state index >= 15 is 0 Å². The van der Waals surface area contributed by atoms with Gasteiger partial charge in [-0.2, -0.15) is 0 Å². The fourth-order valence-corrected chi connectivity index (χ4v) is 1.70. The molecule has 2 N–H and O–H groups in total. The van der Waals surface area contributed by atoms with Crippen molar-refractivity contribution in [3.05, 3.63) is 35.9 Å². The van der Waals surface area contributed by atoms with Gasteiger partial charge in [-0.1, -0.05) is 6.07 Å². The average molecular weight is 276 g/mol. The molecule has 0 saturated carbocycles. The van der Waals surface area contributed by atoms with Crippen LogP contribution in [0.1, 0.15) is 23.0 Å². The standard InChI is InChI=1S/C13H16N4O3/c1-3-20-13(18)11-12(14)17(8-16-11)7-9-4-5-10(19-2)15-6-9/h4-6,8H,3,7,14H2,1-2H3. The number of imidazole rings is 1. The number of nitrogen functional groups attached to an aromatic ring is 1. The van der Waals surface area contributed by atoms with Gasteiger partial charge in [0.2, 0.25) is 5.88 Å². The Kier molecular flexibility index (Phi) is 4.19. The molecule has 0 bridgehead atoms. The minimum Gasteiger partial charge on any atom is -0.481 e. The minimum absolute atomic E-state index is 0.133. The molecule has 2 aromatic rings. The quantitative estimate of drug-likeness (QED) is 0.822. The molecule has 0 unspecified atom stereocenters. The number of aromatic nitrogens is 3. The molecule has 20 heavy (non-hydrogen) atoms. The Balaban J connectivity index is 2.15. The Labute approximate surface area is 116 Å². The summed E-state index contributed by atoms with van der Waals surface area (Å²) in [5.74, 6) is 0.301. The topological polar surface area (TPSA) is 92.3 Å². The van der Waals surface area contributed by atoms with E-state index in [4.69, 9.17) is 15.2 Å².